The highest BCUT2D eigenvalue weighted by Gasteiger charge is 2.01. The van der Waals surface area contributed by atoms with Gasteiger partial charge in [0.05, 0.1) is 24.1 Å². The standard InChI is InChI=1S/C11H13N3O/c1-8-6-14-11(15-8)7-13-10-5-3-2-4-9(10)12/h2-6,13H,7,12H2,1H3. The fourth-order valence-corrected chi connectivity index (χ4v) is 1.31. The first kappa shape index (κ1) is 9.58. The SMILES string of the molecule is Cc1cnc(CNc2ccccc2N)o1. The van der Waals surface area contributed by atoms with E-state index in [0.717, 1.165) is 17.1 Å². The summed E-state index contributed by atoms with van der Waals surface area (Å²) in [5, 5.41) is 3.16. The van der Waals surface area contributed by atoms with E-state index in [9.17, 15) is 0 Å². The predicted octanol–water partition coefficient (Wildman–Crippen LogP) is 2.18. The number of nitrogens with two attached hydrogens (primary N) is 1. The molecule has 0 saturated carbocycles. The first-order chi connectivity index (χ1) is 7.25. The summed E-state index contributed by atoms with van der Waals surface area (Å²) in [6, 6.07) is 7.60. The lowest BCUT2D eigenvalue weighted by molar-refractivity contribution is 0.479. The number of hydrogen-bond donors (Lipinski definition) is 2. The first-order valence-electron chi connectivity index (χ1n) is 4.75. The Morgan fingerprint density at radius 2 is 2.20 bits per heavy atom. The van der Waals surface area contributed by atoms with E-state index >= 15 is 0 Å². The van der Waals surface area contributed by atoms with Gasteiger partial charge < -0.3 is 15.5 Å². The number of nitrogens with one attached hydrogen (secondary N) is 1. The van der Waals surface area contributed by atoms with Gasteiger partial charge in [0, 0.05) is 0 Å². The second-order valence-corrected chi connectivity index (χ2v) is 3.31. The van der Waals surface area contributed by atoms with Gasteiger partial charge in [-0.15, -0.1) is 0 Å². The van der Waals surface area contributed by atoms with Crippen molar-refractivity contribution in [3.05, 3.63) is 42.1 Å². The largest absolute Gasteiger partial charge is 0.444 e. The average Bonchev–Trinajstić information content (AvgIpc) is 2.63. The molecule has 1 aromatic heterocycles. The smallest absolute Gasteiger partial charge is 0.213 e. The first-order valence-corrected chi connectivity index (χ1v) is 4.75. The van der Waals surface area contributed by atoms with Crippen LogP contribution in [0.1, 0.15) is 11.7 Å². The molecule has 0 aliphatic heterocycles. The normalized spacial score (nSPS) is 10.2. The summed E-state index contributed by atoms with van der Waals surface area (Å²) < 4.78 is 5.33. The lowest BCUT2D eigenvalue weighted by Crippen LogP contribution is -2.02. The van der Waals surface area contributed by atoms with Crippen molar-refractivity contribution in [3.63, 3.8) is 0 Å². The van der Waals surface area contributed by atoms with Crippen LogP contribution in [0.25, 0.3) is 0 Å². The van der Waals surface area contributed by atoms with Crippen LogP contribution < -0.4 is 11.1 Å². The topological polar surface area (TPSA) is 64.1 Å². The van der Waals surface area contributed by atoms with E-state index in [1.54, 1.807) is 6.20 Å². The maximum Gasteiger partial charge on any atom is 0.213 e. The molecule has 78 valence electrons. The Kier molecular flexibility index (Phi) is 2.58. The molecule has 0 aliphatic rings. The molecular weight excluding hydrogens is 190 g/mol. The minimum atomic E-state index is 0.544. The molecule has 15 heavy (non-hydrogen) atoms. The van der Waals surface area contributed by atoms with Crippen molar-refractivity contribution in [1.82, 2.24) is 4.98 Å². The van der Waals surface area contributed by atoms with Crippen molar-refractivity contribution in [1.29, 1.82) is 0 Å². The molecule has 0 bridgehead atoms. The number of benzene rings is 1. The third-order valence-electron chi connectivity index (χ3n) is 2.06. The quantitative estimate of drug-likeness (QED) is 0.750. The van der Waals surface area contributed by atoms with E-state index < -0.39 is 0 Å². The van der Waals surface area contributed by atoms with Crippen LogP contribution in [0.3, 0.4) is 0 Å². The van der Waals surface area contributed by atoms with Crippen LogP contribution in [0.2, 0.25) is 0 Å². The van der Waals surface area contributed by atoms with Crippen molar-refractivity contribution in [3.8, 4) is 0 Å². The lowest BCUT2D eigenvalue weighted by Gasteiger charge is -2.06. The Morgan fingerprint density at radius 1 is 1.40 bits per heavy atom. The zero-order valence-corrected chi connectivity index (χ0v) is 8.53. The van der Waals surface area contributed by atoms with Gasteiger partial charge in [0.25, 0.3) is 0 Å². The fourth-order valence-electron chi connectivity index (χ4n) is 1.31. The summed E-state index contributed by atoms with van der Waals surface area (Å²) in [4.78, 5) is 4.09. The zero-order valence-electron chi connectivity index (χ0n) is 8.53. The minimum Gasteiger partial charge on any atom is -0.444 e. The van der Waals surface area contributed by atoms with Crippen LogP contribution in [-0.4, -0.2) is 4.98 Å². The average molecular weight is 203 g/mol. The lowest BCUT2D eigenvalue weighted by atomic mass is 10.3. The van der Waals surface area contributed by atoms with Crippen molar-refractivity contribution < 1.29 is 4.42 Å². The summed E-state index contributed by atoms with van der Waals surface area (Å²) in [5.74, 6) is 1.48. The van der Waals surface area contributed by atoms with Gasteiger partial charge >= 0.3 is 0 Å². The number of hydrogen-bond acceptors (Lipinski definition) is 4. The van der Waals surface area contributed by atoms with Gasteiger partial charge in [-0.1, -0.05) is 12.1 Å². The third-order valence-corrected chi connectivity index (χ3v) is 2.06. The fraction of sp³-hybridized carbons (Fsp3) is 0.182. The molecule has 0 aliphatic carbocycles. The number of nitrogens with zero attached hydrogens (tertiary/aromatic N) is 1. The summed E-state index contributed by atoms with van der Waals surface area (Å²) >= 11 is 0. The number of nitrogen functional groups attached to an aromatic ring is 1. The number of para-hydroxylation sites is 2. The molecule has 0 unspecified atom stereocenters. The van der Waals surface area contributed by atoms with Crippen LogP contribution in [0.5, 0.6) is 0 Å². The van der Waals surface area contributed by atoms with Crippen molar-refractivity contribution >= 4 is 11.4 Å². The number of aromatic nitrogens is 1. The van der Waals surface area contributed by atoms with E-state index in [-0.39, 0.29) is 0 Å². The number of rotatable bonds is 3. The Balaban J connectivity index is 2.02. The summed E-state index contributed by atoms with van der Waals surface area (Å²) in [6.07, 6.45) is 1.70. The van der Waals surface area contributed by atoms with E-state index in [4.69, 9.17) is 10.2 Å². The maximum atomic E-state index is 5.78. The molecule has 2 rings (SSSR count). The molecule has 1 aromatic carbocycles. The second-order valence-electron chi connectivity index (χ2n) is 3.31. The Morgan fingerprint density at radius 3 is 2.87 bits per heavy atom. The molecule has 4 nitrogen and oxygen atoms in total. The second kappa shape index (κ2) is 4.04. The molecule has 4 heteroatoms. The molecule has 0 atom stereocenters. The minimum absolute atomic E-state index is 0.544. The number of aryl methyl sites for hydroxylation is 1. The van der Waals surface area contributed by atoms with Gasteiger partial charge in [-0.2, -0.15) is 0 Å². The molecule has 0 spiro atoms. The molecule has 0 radical (unpaired) electrons. The highest BCUT2D eigenvalue weighted by Crippen LogP contribution is 2.17. The van der Waals surface area contributed by atoms with Gasteiger partial charge in [0.2, 0.25) is 5.89 Å². The molecule has 0 amide bonds. The monoisotopic (exact) mass is 203 g/mol. The van der Waals surface area contributed by atoms with Crippen molar-refractivity contribution in [2.45, 2.75) is 13.5 Å². The van der Waals surface area contributed by atoms with Gasteiger partial charge in [-0.05, 0) is 19.1 Å². The highest BCUT2D eigenvalue weighted by molar-refractivity contribution is 5.65. The van der Waals surface area contributed by atoms with E-state index in [2.05, 4.69) is 10.3 Å². The van der Waals surface area contributed by atoms with Gasteiger partial charge in [0.15, 0.2) is 0 Å². The third kappa shape index (κ3) is 2.28. The van der Waals surface area contributed by atoms with Gasteiger partial charge in [0.1, 0.15) is 5.76 Å². The van der Waals surface area contributed by atoms with E-state index in [1.807, 2.05) is 31.2 Å². The van der Waals surface area contributed by atoms with Gasteiger partial charge in [-0.3, -0.25) is 0 Å². The van der Waals surface area contributed by atoms with E-state index in [0.29, 0.717) is 12.4 Å². The molecule has 0 fully saturated rings. The van der Waals surface area contributed by atoms with Crippen molar-refractivity contribution in [2.75, 3.05) is 11.1 Å². The van der Waals surface area contributed by atoms with Crippen LogP contribution >= 0.6 is 0 Å². The molecule has 1 heterocycles. The van der Waals surface area contributed by atoms with Crippen LogP contribution in [-0.2, 0) is 6.54 Å². The van der Waals surface area contributed by atoms with Gasteiger partial charge in [-0.25, -0.2) is 4.98 Å². The van der Waals surface area contributed by atoms with Crippen LogP contribution in [0.4, 0.5) is 11.4 Å². The number of anilines is 2. The molecule has 2 aromatic rings. The molecule has 0 saturated heterocycles. The Hall–Kier alpha value is -1.97. The van der Waals surface area contributed by atoms with Crippen molar-refractivity contribution in [2.24, 2.45) is 0 Å². The summed E-state index contributed by atoms with van der Waals surface area (Å²) in [6.45, 7) is 2.41. The zero-order chi connectivity index (χ0) is 10.7. The summed E-state index contributed by atoms with van der Waals surface area (Å²) in [7, 11) is 0. The summed E-state index contributed by atoms with van der Waals surface area (Å²) in [5.41, 5.74) is 7.40. The molecule has 3 N–H and O–H groups in total. The van der Waals surface area contributed by atoms with Crippen LogP contribution in [0.15, 0.2) is 34.9 Å². The number of oxazole rings is 1. The van der Waals surface area contributed by atoms with Crippen LogP contribution in [0, 0.1) is 6.92 Å². The Bertz CT molecular complexity index is 451. The Labute approximate surface area is 88.1 Å². The highest BCUT2D eigenvalue weighted by atomic mass is 16.4. The molecular formula is C11H13N3O. The van der Waals surface area contributed by atoms with E-state index in [1.165, 1.54) is 0 Å². The predicted molar refractivity (Wildman–Crippen MR) is 59.4 cm³/mol. The maximum absolute atomic E-state index is 5.78.